The summed E-state index contributed by atoms with van der Waals surface area (Å²) in [7, 11) is 4.09. The first-order valence-electron chi connectivity index (χ1n) is 9.45. The largest absolute Gasteiger partial charge is 0.353 e. The number of benzene rings is 1. The average molecular weight is 377 g/mol. The van der Waals surface area contributed by atoms with Crippen LogP contribution in [0, 0.1) is 20.8 Å². The second-order valence-corrected chi connectivity index (χ2v) is 7.33. The van der Waals surface area contributed by atoms with Gasteiger partial charge in [-0.05, 0) is 58.1 Å². The first-order valence-corrected chi connectivity index (χ1v) is 9.45. The number of anilines is 3. The summed E-state index contributed by atoms with van der Waals surface area (Å²) in [6, 6.07) is 10.2. The Kier molecular flexibility index (Phi) is 6.21. The lowest BCUT2D eigenvalue weighted by molar-refractivity contribution is 0.425. The van der Waals surface area contributed by atoms with Crippen molar-refractivity contribution in [2.24, 2.45) is 0 Å². The predicted molar refractivity (Wildman–Crippen MR) is 116 cm³/mol. The highest BCUT2D eigenvalue weighted by Crippen LogP contribution is 2.27. The maximum absolute atomic E-state index is 4.69. The molecule has 3 rings (SSSR count). The van der Waals surface area contributed by atoms with Gasteiger partial charge in [-0.2, -0.15) is 4.98 Å². The smallest absolute Gasteiger partial charge is 0.225 e. The number of rotatable bonds is 7. The van der Waals surface area contributed by atoms with E-state index in [2.05, 4.69) is 58.4 Å². The van der Waals surface area contributed by atoms with Gasteiger partial charge in [0.1, 0.15) is 5.82 Å². The summed E-state index contributed by atoms with van der Waals surface area (Å²) in [5, 5.41) is 6.83. The molecule has 0 atom stereocenters. The van der Waals surface area contributed by atoms with Gasteiger partial charge in [-0.1, -0.05) is 17.7 Å². The van der Waals surface area contributed by atoms with Crippen molar-refractivity contribution in [3.8, 4) is 11.3 Å². The van der Waals surface area contributed by atoms with E-state index in [0.717, 1.165) is 35.9 Å². The highest BCUT2D eigenvalue weighted by atomic mass is 15.2. The van der Waals surface area contributed by atoms with Crippen LogP contribution in [-0.2, 0) is 0 Å². The lowest BCUT2D eigenvalue weighted by Gasteiger charge is -2.16. The maximum Gasteiger partial charge on any atom is 0.225 e. The molecule has 0 aliphatic rings. The second-order valence-electron chi connectivity index (χ2n) is 7.33. The molecule has 0 bridgehead atoms. The van der Waals surface area contributed by atoms with Gasteiger partial charge in [-0.3, -0.25) is 4.98 Å². The summed E-state index contributed by atoms with van der Waals surface area (Å²) in [6.07, 6.45) is 3.55. The molecule has 0 saturated carbocycles. The van der Waals surface area contributed by atoms with E-state index in [1.165, 1.54) is 16.7 Å². The molecule has 2 heterocycles. The van der Waals surface area contributed by atoms with E-state index in [-0.39, 0.29) is 0 Å². The number of hydrogen-bond acceptors (Lipinski definition) is 6. The monoisotopic (exact) mass is 376 g/mol. The molecule has 0 unspecified atom stereocenters. The lowest BCUT2D eigenvalue weighted by atomic mass is 10.1. The van der Waals surface area contributed by atoms with Crippen molar-refractivity contribution in [2.45, 2.75) is 20.8 Å². The van der Waals surface area contributed by atoms with E-state index in [0.29, 0.717) is 5.95 Å². The zero-order valence-electron chi connectivity index (χ0n) is 17.2. The molecule has 6 nitrogen and oxygen atoms in total. The molecule has 2 aromatic heterocycles. The van der Waals surface area contributed by atoms with Crippen LogP contribution >= 0.6 is 0 Å². The molecule has 2 N–H and O–H groups in total. The number of aromatic nitrogens is 3. The SMILES string of the molecule is Cc1cc(C)c(Nc2cc(-c3ccncc3)nc(NCCN(C)C)n2)c(C)c1. The molecule has 0 saturated heterocycles. The first kappa shape index (κ1) is 19.8. The van der Waals surface area contributed by atoms with E-state index in [1.54, 1.807) is 12.4 Å². The zero-order valence-corrected chi connectivity index (χ0v) is 17.2. The lowest BCUT2D eigenvalue weighted by Crippen LogP contribution is -2.21. The van der Waals surface area contributed by atoms with Crippen LogP contribution in [0.3, 0.4) is 0 Å². The summed E-state index contributed by atoms with van der Waals surface area (Å²) in [5.41, 5.74) is 6.60. The van der Waals surface area contributed by atoms with Gasteiger partial charge in [0.2, 0.25) is 5.95 Å². The predicted octanol–water partition coefficient (Wildman–Crippen LogP) is 4.18. The second kappa shape index (κ2) is 8.80. The van der Waals surface area contributed by atoms with Crippen LogP contribution < -0.4 is 10.6 Å². The van der Waals surface area contributed by atoms with Crippen LogP contribution in [0.1, 0.15) is 16.7 Å². The molecule has 0 fully saturated rings. The number of pyridine rings is 1. The number of likely N-dealkylation sites (N-methyl/N-ethyl adjacent to an activating group) is 1. The normalized spacial score (nSPS) is 10.9. The van der Waals surface area contributed by atoms with Crippen LogP contribution in [0.2, 0.25) is 0 Å². The molecule has 28 heavy (non-hydrogen) atoms. The molecule has 1 aromatic carbocycles. The molecule has 146 valence electrons. The van der Waals surface area contributed by atoms with Gasteiger partial charge in [-0.15, -0.1) is 0 Å². The average Bonchev–Trinajstić information content (AvgIpc) is 2.65. The van der Waals surface area contributed by atoms with Crippen LogP contribution in [0.25, 0.3) is 11.3 Å². The number of aryl methyl sites for hydroxylation is 3. The molecule has 0 aliphatic carbocycles. The van der Waals surface area contributed by atoms with E-state index in [1.807, 2.05) is 32.3 Å². The van der Waals surface area contributed by atoms with Crippen molar-refractivity contribution in [2.75, 3.05) is 37.8 Å². The molecule has 3 aromatic rings. The third kappa shape index (κ3) is 5.04. The molecule has 6 heteroatoms. The topological polar surface area (TPSA) is 66.0 Å². The fourth-order valence-electron chi connectivity index (χ4n) is 3.16. The first-order chi connectivity index (χ1) is 13.4. The molecular weight excluding hydrogens is 348 g/mol. The van der Waals surface area contributed by atoms with Crippen molar-refractivity contribution in [3.05, 3.63) is 59.4 Å². The minimum Gasteiger partial charge on any atom is -0.353 e. The summed E-state index contributed by atoms with van der Waals surface area (Å²) >= 11 is 0. The van der Waals surface area contributed by atoms with Crippen LogP contribution in [0.15, 0.2) is 42.7 Å². The Labute approximate surface area is 167 Å². The fourth-order valence-corrected chi connectivity index (χ4v) is 3.16. The van der Waals surface area contributed by atoms with E-state index < -0.39 is 0 Å². The van der Waals surface area contributed by atoms with Gasteiger partial charge in [0, 0.05) is 42.8 Å². The number of hydrogen-bond donors (Lipinski definition) is 2. The number of nitrogens with zero attached hydrogens (tertiary/aromatic N) is 4. The Hall–Kier alpha value is -2.99. The van der Waals surface area contributed by atoms with Crippen molar-refractivity contribution in [1.29, 1.82) is 0 Å². The fraction of sp³-hybridized carbons (Fsp3) is 0.318. The quantitative estimate of drug-likeness (QED) is 0.645. The van der Waals surface area contributed by atoms with E-state index in [9.17, 15) is 0 Å². The van der Waals surface area contributed by atoms with Gasteiger partial charge < -0.3 is 15.5 Å². The summed E-state index contributed by atoms with van der Waals surface area (Å²) in [6.45, 7) is 8.02. The standard InChI is InChI=1S/C22H28N6/c1-15-12-16(2)21(17(3)13-15)26-20-14-19(18-6-8-23-9-7-18)25-22(27-20)24-10-11-28(4)5/h6-9,12-14H,10-11H2,1-5H3,(H2,24,25,26,27). The summed E-state index contributed by atoms with van der Waals surface area (Å²) < 4.78 is 0. The van der Waals surface area contributed by atoms with E-state index in [4.69, 9.17) is 4.98 Å². The zero-order chi connectivity index (χ0) is 20.1. The minimum atomic E-state index is 0.612. The third-order valence-electron chi connectivity index (χ3n) is 4.47. The number of nitrogens with one attached hydrogen (secondary N) is 2. The Balaban J connectivity index is 1.95. The minimum absolute atomic E-state index is 0.612. The summed E-state index contributed by atoms with van der Waals surface area (Å²) in [5.74, 6) is 1.38. The van der Waals surface area contributed by atoms with Gasteiger partial charge in [0.15, 0.2) is 0 Å². The van der Waals surface area contributed by atoms with Crippen molar-refractivity contribution >= 4 is 17.5 Å². The Bertz CT molecular complexity index is 914. The van der Waals surface area contributed by atoms with Crippen molar-refractivity contribution < 1.29 is 0 Å². The maximum atomic E-state index is 4.69. The van der Waals surface area contributed by atoms with Gasteiger partial charge in [-0.25, -0.2) is 4.98 Å². The Morgan fingerprint density at radius 1 is 0.929 bits per heavy atom. The van der Waals surface area contributed by atoms with Crippen molar-refractivity contribution in [3.63, 3.8) is 0 Å². The van der Waals surface area contributed by atoms with Crippen LogP contribution in [-0.4, -0.2) is 47.0 Å². The van der Waals surface area contributed by atoms with Gasteiger partial charge in [0.05, 0.1) is 5.69 Å². The van der Waals surface area contributed by atoms with Crippen LogP contribution in [0.4, 0.5) is 17.5 Å². The third-order valence-corrected chi connectivity index (χ3v) is 4.47. The van der Waals surface area contributed by atoms with Crippen LogP contribution in [0.5, 0.6) is 0 Å². The molecule has 0 radical (unpaired) electrons. The Morgan fingerprint density at radius 2 is 1.61 bits per heavy atom. The molecule has 0 aliphatic heterocycles. The highest BCUT2D eigenvalue weighted by molar-refractivity contribution is 5.70. The molecule has 0 amide bonds. The Morgan fingerprint density at radius 3 is 2.25 bits per heavy atom. The molecular formula is C22H28N6. The summed E-state index contributed by atoms with van der Waals surface area (Å²) in [4.78, 5) is 15.6. The van der Waals surface area contributed by atoms with Gasteiger partial charge in [0.25, 0.3) is 0 Å². The molecule has 0 spiro atoms. The van der Waals surface area contributed by atoms with Gasteiger partial charge >= 0.3 is 0 Å². The highest BCUT2D eigenvalue weighted by Gasteiger charge is 2.10. The van der Waals surface area contributed by atoms with E-state index >= 15 is 0 Å². The van der Waals surface area contributed by atoms with Crippen molar-refractivity contribution in [1.82, 2.24) is 19.9 Å².